The lowest BCUT2D eigenvalue weighted by molar-refractivity contribution is 0.939. The first-order chi connectivity index (χ1) is 6.83. The fourth-order valence-corrected chi connectivity index (χ4v) is 1.74. The van der Waals surface area contributed by atoms with Crippen LogP contribution in [0.2, 0.25) is 0 Å². The fourth-order valence-electron chi connectivity index (χ4n) is 1.74. The molecule has 0 unspecified atom stereocenters. The second kappa shape index (κ2) is 3.54. The van der Waals surface area contributed by atoms with E-state index in [1.54, 1.807) is 12.3 Å². The van der Waals surface area contributed by atoms with E-state index < -0.39 is 0 Å². The topological polar surface area (TPSA) is 65.9 Å². The molecule has 1 saturated heterocycles. The molecule has 0 radical (unpaired) electrons. The zero-order valence-electron chi connectivity index (χ0n) is 7.90. The number of nitriles is 1. The highest BCUT2D eigenvalue weighted by Gasteiger charge is 2.17. The second-order valence-corrected chi connectivity index (χ2v) is 3.40. The Morgan fingerprint density at radius 2 is 2.14 bits per heavy atom. The number of nitrogens with two attached hydrogens (primary N) is 1. The first-order valence-electron chi connectivity index (χ1n) is 4.72. The molecule has 1 aromatic rings. The maximum atomic E-state index is 8.81. The molecular weight excluding hydrogens is 176 g/mol. The van der Waals surface area contributed by atoms with Crippen LogP contribution in [0.4, 0.5) is 11.5 Å². The van der Waals surface area contributed by atoms with Gasteiger partial charge in [-0.2, -0.15) is 5.26 Å². The lowest BCUT2D eigenvalue weighted by Crippen LogP contribution is -2.20. The summed E-state index contributed by atoms with van der Waals surface area (Å²) in [4.78, 5) is 6.35. The zero-order chi connectivity index (χ0) is 9.97. The maximum Gasteiger partial charge on any atom is 0.153 e. The fraction of sp³-hybridized carbons (Fsp3) is 0.400. The molecule has 1 aromatic heterocycles. The Labute approximate surface area is 83.0 Å². The van der Waals surface area contributed by atoms with Crippen LogP contribution in [-0.2, 0) is 0 Å². The summed E-state index contributed by atoms with van der Waals surface area (Å²) in [7, 11) is 0. The van der Waals surface area contributed by atoms with Crippen LogP contribution in [0.3, 0.4) is 0 Å². The van der Waals surface area contributed by atoms with E-state index in [-0.39, 0.29) is 0 Å². The van der Waals surface area contributed by atoms with Gasteiger partial charge < -0.3 is 10.6 Å². The smallest absolute Gasteiger partial charge is 0.153 e. The summed E-state index contributed by atoms with van der Waals surface area (Å²) in [5.41, 5.74) is 6.87. The van der Waals surface area contributed by atoms with Gasteiger partial charge in [0.15, 0.2) is 5.82 Å². The van der Waals surface area contributed by atoms with Crippen molar-refractivity contribution in [2.24, 2.45) is 0 Å². The van der Waals surface area contributed by atoms with Gasteiger partial charge in [-0.05, 0) is 18.9 Å². The normalized spacial score (nSPS) is 15.5. The van der Waals surface area contributed by atoms with Crippen molar-refractivity contribution in [2.75, 3.05) is 23.7 Å². The minimum absolute atomic E-state index is 0.511. The van der Waals surface area contributed by atoms with E-state index in [1.165, 1.54) is 12.8 Å². The van der Waals surface area contributed by atoms with E-state index in [0.717, 1.165) is 18.9 Å². The Balaban J connectivity index is 2.38. The zero-order valence-corrected chi connectivity index (χ0v) is 7.90. The Kier molecular flexibility index (Phi) is 2.23. The molecule has 2 N–H and O–H groups in total. The van der Waals surface area contributed by atoms with Crippen LogP contribution in [-0.4, -0.2) is 18.1 Å². The number of hydrogen-bond acceptors (Lipinski definition) is 4. The van der Waals surface area contributed by atoms with E-state index in [9.17, 15) is 0 Å². The third-order valence-electron chi connectivity index (χ3n) is 2.50. The molecular formula is C10H12N4. The van der Waals surface area contributed by atoms with Crippen LogP contribution in [0.1, 0.15) is 18.4 Å². The molecule has 0 spiro atoms. The monoisotopic (exact) mass is 188 g/mol. The Morgan fingerprint density at radius 1 is 1.43 bits per heavy atom. The standard InChI is InChI=1S/C10H12N4/c11-7-8-3-4-13-10(9(8)12)14-5-1-2-6-14/h3-4H,1-2,5-6,12H2. The second-order valence-electron chi connectivity index (χ2n) is 3.40. The third kappa shape index (κ3) is 1.37. The van der Waals surface area contributed by atoms with Gasteiger partial charge in [-0.25, -0.2) is 4.98 Å². The van der Waals surface area contributed by atoms with Gasteiger partial charge in [0.2, 0.25) is 0 Å². The van der Waals surface area contributed by atoms with Gasteiger partial charge in [-0.1, -0.05) is 0 Å². The van der Waals surface area contributed by atoms with Gasteiger partial charge in [-0.15, -0.1) is 0 Å². The molecule has 1 aliphatic rings. The minimum Gasteiger partial charge on any atom is -0.395 e. The molecule has 4 nitrogen and oxygen atoms in total. The summed E-state index contributed by atoms with van der Waals surface area (Å²) in [6, 6.07) is 3.72. The molecule has 1 fully saturated rings. The average molecular weight is 188 g/mol. The number of anilines is 2. The lowest BCUT2D eigenvalue weighted by atomic mass is 10.2. The molecule has 0 atom stereocenters. The highest BCUT2D eigenvalue weighted by molar-refractivity contribution is 5.70. The van der Waals surface area contributed by atoms with Crippen molar-refractivity contribution in [3.05, 3.63) is 17.8 Å². The predicted octanol–water partition coefficient (Wildman–Crippen LogP) is 1.14. The number of pyridine rings is 1. The number of aromatic nitrogens is 1. The number of nitrogens with zero attached hydrogens (tertiary/aromatic N) is 3. The molecule has 0 aromatic carbocycles. The molecule has 0 amide bonds. The molecule has 0 aliphatic carbocycles. The van der Waals surface area contributed by atoms with E-state index in [2.05, 4.69) is 16.0 Å². The molecule has 2 rings (SSSR count). The summed E-state index contributed by atoms with van der Waals surface area (Å²) < 4.78 is 0. The predicted molar refractivity (Wildman–Crippen MR) is 54.8 cm³/mol. The Hall–Kier alpha value is -1.76. The van der Waals surface area contributed by atoms with Gasteiger partial charge in [0.25, 0.3) is 0 Å². The maximum absolute atomic E-state index is 8.81. The van der Waals surface area contributed by atoms with Gasteiger partial charge in [0.05, 0.1) is 11.3 Å². The number of rotatable bonds is 1. The Morgan fingerprint density at radius 3 is 2.79 bits per heavy atom. The molecule has 0 saturated carbocycles. The van der Waals surface area contributed by atoms with Crippen molar-refractivity contribution < 1.29 is 0 Å². The Bertz CT molecular complexity index is 374. The highest BCUT2D eigenvalue weighted by Crippen LogP contribution is 2.26. The van der Waals surface area contributed by atoms with E-state index >= 15 is 0 Å². The van der Waals surface area contributed by atoms with Gasteiger partial charge in [0.1, 0.15) is 6.07 Å². The largest absolute Gasteiger partial charge is 0.395 e. The molecule has 2 heterocycles. The lowest BCUT2D eigenvalue weighted by Gasteiger charge is -2.18. The van der Waals surface area contributed by atoms with E-state index in [1.807, 2.05) is 0 Å². The minimum atomic E-state index is 0.511. The summed E-state index contributed by atoms with van der Waals surface area (Å²) in [5, 5.41) is 8.81. The van der Waals surface area contributed by atoms with Crippen molar-refractivity contribution in [3.8, 4) is 6.07 Å². The summed E-state index contributed by atoms with van der Waals surface area (Å²) in [5.74, 6) is 0.765. The van der Waals surface area contributed by atoms with Crippen molar-refractivity contribution in [1.82, 2.24) is 4.98 Å². The van der Waals surface area contributed by atoms with Crippen LogP contribution < -0.4 is 10.6 Å². The first-order valence-corrected chi connectivity index (χ1v) is 4.72. The van der Waals surface area contributed by atoms with Crippen molar-refractivity contribution >= 4 is 11.5 Å². The van der Waals surface area contributed by atoms with Crippen LogP contribution in [0.5, 0.6) is 0 Å². The molecule has 1 aliphatic heterocycles. The van der Waals surface area contributed by atoms with Crippen LogP contribution in [0, 0.1) is 11.3 Å². The highest BCUT2D eigenvalue weighted by atomic mass is 15.2. The average Bonchev–Trinajstić information content (AvgIpc) is 2.71. The summed E-state index contributed by atoms with van der Waals surface area (Å²) in [6.45, 7) is 1.98. The van der Waals surface area contributed by atoms with Gasteiger partial charge in [-0.3, -0.25) is 0 Å². The first kappa shape index (κ1) is 8.82. The quantitative estimate of drug-likeness (QED) is 0.717. The van der Waals surface area contributed by atoms with Crippen molar-refractivity contribution in [3.63, 3.8) is 0 Å². The number of nitrogen functional groups attached to an aromatic ring is 1. The molecule has 0 bridgehead atoms. The van der Waals surface area contributed by atoms with Gasteiger partial charge >= 0.3 is 0 Å². The van der Waals surface area contributed by atoms with Crippen LogP contribution >= 0.6 is 0 Å². The number of hydrogen-bond donors (Lipinski definition) is 1. The molecule has 14 heavy (non-hydrogen) atoms. The summed E-state index contributed by atoms with van der Waals surface area (Å²) >= 11 is 0. The van der Waals surface area contributed by atoms with Crippen LogP contribution in [0.15, 0.2) is 12.3 Å². The van der Waals surface area contributed by atoms with E-state index in [4.69, 9.17) is 11.0 Å². The SMILES string of the molecule is N#Cc1ccnc(N2CCCC2)c1N. The molecule has 72 valence electrons. The van der Waals surface area contributed by atoms with Gasteiger partial charge in [0, 0.05) is 19.3 Å². The molecule has 4 heteroatoms. The third-order valence-corrected chi connectivity index (χ3v) is 2.50. The van der Waals surface area contributed by atoms with Crippen molar-refractivity contribution in [1.29, 1.82) is 5.26 Å². The van der Waals surface area contributed by atoms with Crippen LogP contribution in [0.25, 0.3) is 0 Å². The summed E-state index contributed by atoms with van der Waals surface area (Å²) in [6.07, 6.45) is 4.00. The van der Waals surface area contributed by atoms with Crippen molar-refractivity contribution in [2.45, 2.75) is 12.8 Å². The van der Waals surface area contributed by atoms with E-state index in [0.29, 0.717) is 11.3 Å².